The van der Waals surface area contributed by atoms with Crippen molar-refractivity contribution in [3.63, 3.8) is 0 Å². The minimum atomic E-state index is 0.288. The van der Waals surface area contributed by atoms with Crippen LogP contribution in [0.5, 0.6) is 0 Å². The highest BCUT2D eigenvalue weighted by atomic mass is 127. The minimum Gasteiger partial charge on any atom is -0.374 e. The largest absolute Gasteiger partial charge is 0.374 e. The van der Waals surface area contributed by atoms with Crippen LogP contribution in [0.2, 0.25) is 0 Å². The van der Waals surface area contributed by atoms with Crippen LogP contribution in [0.25, 0.3) is 0 Å². The van der Waals surface area contributed by atoms with Crippen molar-refractivity contribution in [2.45, 2.75) is 32.8 Å². The topological polar surface area (TPSA) is 9.23 Å². The van der Waals surface area contributed by atoms with Crippen molar-refractivity contribution in [1.29, 1.82) is 0 Å². The number of hydrogen-bond donors (Lipinski definition) is 0. The summed E-state index contributed by atoms with van der Waals surface area (Å²) in [5.74, 6) is 0. The Balaban J connectivity index is 3.27. The molecule has 11 heavy (non-hydrogen) atoms. The summed E-state index contributed by atoms with van der Waals surface area (Å²) in [5, 5.41) is 0. The van der Waals surface area contributed by atoms with Gasteiger partial charge in [0.1, 0.15) is 0 Å². The van der Waals surface area contributed by atoms with Crippen molar-refractivity contribution in [2.75, 3.05) is 11.0 Å². The molecule has 0 aliphatic heterocycles. The van der Waals surface area contributed by atoms with Crippen LogP contribution in [0.3, 0.4) is 0 Å². The lowest BCUT2D eigenvalue weighted by Gasteiger charge is -2.05. The summed E-state index contributed by atoms with van der Waals surface area (Å²) >= 11 is 2.32. The quantitative estimate of drug-likeness (QED) is 0.408. The Morgan fingerprint density at radius 2 is 2.27 bits per heavy atom. The van der Waals surface area contributed by atoms with E-state index in [4.69, 9.17) is 4.74 Å². The van der Waals surface area contributed by atoms with E-state index in [1.807, 2.05) is 0 Å². The fraction of sp³-hybridized carbons (Fsp3) is 0.778. The second-order valence-electron chi connectivity index (χ2n) is 2.48. The number of rotatable bonds is 6. The average molecular weight is 268 g/mol. The predicted molar refractivity (Wildman–Crippen MR) is 58.3 cm³/mol. The first kappa shape index (κ1) is 11.4. The summed E-state index contributed by atoms with van der Waals surface area (Å²) in [6.45, 7) is 5.12. The van der Waals surface area contributed by atoms with E-state index in [1.165, 1.54) is 6.42 Å². The Morgan fingerprint density at radius 1 is 1.55 bits per heavy atom. The molecule has 2 heteroatoms. The zero-order chi connectivity index (χ0) is 8.53. The summed E-state index contributed by atoms with van der Waals surface area (Å²) in [4.78, 5) is 0. The van der Waals surface area contributed by atoms with E-state index < -0.39 is 0 Å². The third kappa shape index (κ3) is 8.34. The van der Waals surface area contributed by atoms with Gasteiger partial charge in [0.25, 0.3) is 0 Å². The van der Waals surface area contributed by atoms with E-state index in [-0.39, 0.29) is 6.10 Å². The zero-order valence-electron chi connectivity index (χ0n) is 7.35. The molecule has 0 aliphatic carbocycles. The molecule has 0 rings (SSSR count). The Bertz CT molecular complexity index is 102. The first-order valence-corrected chi connectivity index (χ1v) is 5.68. The third-order valence-corrected chi connectivity index (χ3v) is 1.76. The molecule has 0 aliphatic rings. The van der Waals surface area contributed by atoms with Crippen LogP contribution >= 0.6 is 22.6 Å². The highest BCUT2D eigenvalue weighted by Gasteiger charge is 1.93. The summed E-state index contributed by atoms with van der Waals surface area (Å²) in [7, 11) is 0. The molecule has 0 bridgehead atoms. The third-order valence-electron chi connectivity index (χ3n) is 1.32. The van der Waals surface area contributed by atoms with Gasteiger partial charge >= 0.3 is 0 Å². The van der Waals surface area contributed by atoms with E-state index in [0.717, 1.165) is 17.5 Å². The van der Waals surface area contributed by atoms with Gasteiger partial charge in [0.05, 0.1) is 12.7 Å². The molecule has 66 valence electrons. The molecule has 0 aromatic heterocycles. The van der Waals surface area contributed by atoms with Gasteiger partial charge < -0.3 is 4.74 Å². The lowest BCUT2D eigenvalue weighted by molar-refractivity contribution is 0.113. The number of allylic oxidation sites excluding steroid dienone is 1. The van der Waals surface area contributed by atoms with Crippen molar-refractivity contribution in [3.8, 4) is 0 Å². The fourth-order valence-electron chi connectivity index (χ4n) is 0.741. The first-order chi connectivity index (χ1) is 5.31. The molecule has 0 amide bonds. The second-order valence-corrected chi connectivity index (χ2v) is 3.56. The molecule has 0 fully saturated rings. The van der Waals surface area contributed by atoms with Crippen molar-refractivity contribution in [2.24, 2.45) is 0 Å². The van der Waals surface area contributed by atoms with Crippen LogP contribution < -0.4 is 0 Å². The van der Waals surface area contributed by atoms with Crippen LogP contribution in [0.1, 0.15) is 26.7 Å². The SMILES string of the molecule is CCC/C=C/C(C)OCCI. The number of halogens is 1. The molecule has 1 nitrogen and oxygen atoms in total. The summed E-state index contributed by atoms with van der Waals surface area (Å²) in [6, 6.07) is 0. The molecule has 0 aromatic carbocycles. The Kier molecular flexibility index (Phi) is 8.86. The van der Waals surface area contributed by atoms with Gasteiger partial charge in [-0.25, -0.2) is 0 Å². The number of ether oxygens (including phenoxy) is 1. The summed E-state index contributed by atoms with van der Waals surface area (Å²) in [5.41, 5.74) is 0. The fourth-order valence-corrected chi connectivity index (χ4v) is 0.995. The van der Waals surface area contributed by atoms with Crippen molar-refractivity contribution >= 4 is 22.6 Å². The van der Waals surface area contributed by atoms with E-state index in [2.05, 4.69) is 48.6 Å². The summed E-state index contributed by atoms with van der Waals surface area (Å²) in [6.07, 6.45) is 7.00. The predicted octanol–water partition coefficient (Wildman–Crippen LogP) is 3.18. The molecule has 0 heterocycles. The molecule has 0 saturated carbocycles. The van der Waals surface area contributed by atoms with Gasteiger partial charge in [0, 0.05) is 4.43 Å². The molecule has 0 aromatic rings. The molecule has 1 atom stereocenters. The van der Waals surface area contributed by atoms with E-state index in [1.54, 1.807) is 0 Å². The summed E-state index contributed by atoms with van der Waals surface area (Å²) < 4.78 is 6.52. The Labute approximate surface area is 83.3 Å². The number of hydrogen-bond acceptors (Lipinski definition) is 1. The Hall–Kier alpha value is 0.430. The maximum absolute atomic E-state index is 5.44. The zero-order valence-corrected chi connectivity index (χ0v) is 9.50. The first-order valence-electron chi connectivity index (χ1n) is 4.15. The minimum absolute atomic E-state index is 0.288. The van der Waals surface area contributed by atoms with E-state index in [0.29, 0.717) is 0 Å². The smallest absolute Gasteiger partial charge is 0.0728 e. The van der Waals surface area contributed by atoms with Gasteiger partial charge in [0.15, 0.2) is 0 Å². The molecule has 0 spiro atoms. The van der Waals surface area contributed by atoms with E-state index >= 15 is 0 Å². The maximum atomic E-state index is 5.44. The normalized spacial score (nSPS) is 14.1. The van der Waals surface area contributed by atoms with Crippen molar-refractivity contribution < 1.29 is 4.74 Å². The molecule has 0 radical (unpaired) electrons. The van der Waals surface area contributed by atoms with Gasteiger partial charge in [-0.05, 0) is 13.3 Å². The molecule has 1 unspecified atom stereocenters. The Morgan fingerprint density at radius 3 is 2.82 bits per heavy atom. The number of alkyl halides is 1. The van der Waals surface area contributed by atoms with Crippen LogP contribution in [-0.4, -0.2) is 17.1 Å². The number of unbranched alkanes of at least 4 members (excludes halogenated alkanes) is 1. The second kappa shape index (κ2) is 8.53. The van der Waals surface area contributed by atoms with Gasteiger partial charge in [-0.15, -0.1) is 0 Å². The van der Waals surface area contributed by atoms with Crippen LogP contribution in [-0.2, 0) is 4.74 Å². The van der Waals surface area contributed by atoms with E-state index in [9.17, 15) is 0 Å². The van der Waals surface area contributed by atoms with Crippen LogP contribution in [0.4, 0.5) is 0 Å². The van der Waals surface area contributed by atoms with Gasteiger partial charge in [-0.1, -0.05) is 48.1 Å². The maximum Gasteiger partial charge on any atom is 0.0728 e. The van der Waals surface area contributed by atoms with Crippen molar-refractivity contribution in [3.05, 3.63) is 12.2 Å². The van der Waals surface area contributed by atoms with Crippen LogP contribution in [0, 0.1) is 0 Å². The van der Waals surface area contributed by atoms with Crippen molar-refractivity contribution in [1.82, 2.24) is 0 Å². The standard InChI is InChI=1S/C9H17IO/c1-3-4-5-6-9(2)11-8-7-10/h5-6,9H,3-4,7-8H2,1-2H3/b6-5+. The molecular formula is C9H17IO. The molecule has 0 saturated heterocycles. The lowest BCUT2D eigenvalue weighted by atomic mass is 10.3. The van der Waals surface area contributed by atoms with Gasteiger partial charge in [-0.3, -0.25) is 0 Å². The van der Waals surface area contributed by atoms with Gasteiger partial charge in [-0.2, -0.15) is 0 Å². The molecule has 0 N–H and O–H groups in total. The van der Waals surface area contributed by atoms with Crippen LogP contribution in [0.15, 0.2) is 12.2 Å². The highest BCUT2D eigenvalue weighted by molar-refractivity contribution is 14.1. The highest BCUT2D eigenvalue weighted by Crippen LogP contribution is 1.97. The average Bonchev–Trinajstić information content (AvgIpc) is 2.01. The molecular weight excluding hydrogens is 251 g/mol. The monoisotopic (exact) mass is 268 g/mol. The lowest BCUT2D eigenvalue weighted by Crippen LogP contribution is -2.06. The van der Waals surface area contributed by atoms with Gasteiger partial charge in [0.2, 0.25) is 0 Å².